The second-order valence-electron chi connectivity index (χ2n) is 3.95. The van der Waals surface area contributed by atoms with Gasteiger partial charge in [0.1, 0.15) is 0 Å². The van der Waals surface area contributed by atoms with Gasteiger partial charge in [-0.1, -0.05) is 50.9 Å². The molecule has 0 saturated heterocycles. The quantitative estimate of drug-likeness (QED) is 0.663. The molecule has 1 unspecified atom stereocenters. The van der Waals surface area contributed by atoms with Crippen LogP contribution in [0.1, 0.15) is 38.3 Å². The van der Waals surface area contributed by atoms with Gasteiger partial charge < -0.3 is 0 Å². The van der Waals surface area contributed by atoms with E-state index >= 15 is 0 Å². The van der Waals surface area contributed by atoms with Crippen LogP contribution in [0.15, 0.2) is 18.2 Å². The van der Waals surface area contributed by atoms with Crippen molar-refractivity contribution in [3.05, 3.63) is 34.3 Å². The standard InChI is InChI=1S/C13H19Cl.C2H2/c1-4-10(3)9-11-7-6-8-13(14)12(11)5-2;1-2/h6-8,10H,4-5,9H2,1-3H3;1-2H. The van der Waals surface area contributed by atoms with Gasteiger partial charge in [0.05, 0.1) is 0 Å². The number of rotatable bonds is 4. The van der Waals surface area contributed by atoms with Gasteiger partial charge in [-0.3, -0.25) is 0 Å². The van der Waals surface area contributed by atoms with Gasteiger partial charge in [0.15, 0.2) is 0 Å². The topological polar surface area (TPSA) is 0 Å². The second kappa shape index (κ2) is 8.25. The molecule has 0 aliphatic heterocycles. The molecule has 0 heterocycles. The van der Waals surface area contributed by atoms with Gasteiger partial charge in [-0.2, -0.15) is 0 Å². The predicted octanol–water partition coefficient (Wildman–Crippen LogP) is 4.74. The summed E-state index contributed by atoms with van der Waals surface area (Å²) in [5.41, 5.74) is 2.75. The zero-order valence-electron chi connectivity index (χ0n) is 10.5. The van der Waals surface area contributed by atoms with Crippen LogP contribution in [0.2, 0.25) is 5.02 Å². The third-order valence-electron chi connectivity index (χ3n) is 2.83. The lowest BCUT2D eigenvalue weighted by atomic mass is 9.94. The van der Waals surface area contributed by atoms with Crippen LogP contribution in [0, 0.1) is 18.8 Å². The van der Waals surface area contributed by atoms with E-state index in [1.165, 1.54) is 17.5 Å². The van der Waals surface area contributed by atoms with Gasteiger partial charge in [0.25, 0.3) is 0 Å². The van der Waals surface area contributed by atoms with E-state index in [9.17, 15) is 0 Å². The van der Waals surface area contributed by atoms with Crippen molar-refractivity contribution in [2.45, 2.75) is 40.0 Å². The zero-order valence-corrected chi connectivity index (χ0v) is 11.2. The number of hydrogen-bond donors (Lipinski definition) is 0. The number of benzene rings is 1. The Kier molecular flexibility index (Phi) is 7.77. The third-order valence-corrected chi connectivity index (χ3v) is 3.19. The first-order chi connectivity index (χ1) is 7.69. The molecule has 0 fully saturated rings. The molecule has 1 atom stereocenters. The van der Waals surface area contributed by atoms with Gasteiger partial charge in [-0.25, -0.2) is 0 Å². The molecule has 1 aromatic rings. The fourth-order valence-corrected chi connectivity index (χ4v) is 2.04. The Morgan fingerprint density at radius 3 is 2.38 bits per heavy atom. The van der Waals surface area contributed by atoms with E-state index in [2.05, 4.69) is 45.8 Å². The summed E-state index contributed by atoms with van der Waals surface area (Å²) in [5, 5.41) is 0.924. The van der Waals surface area contributed by atoms with Gasteiger partial charge >= 0.3 is 0 Å². The van der Waals surface area contributed by atoms with E-state index in [1.807, 2.05) is 6.07 Å². The van der Waals surface area contributed by atoms with Crippen LogP contribution in [-0.4, -0.2) is 0 Å². The minimum Gasteiger partial charge on any atom is -0.124 e. The Morgan fingerprint density at radius 1 is 1.25 bits per heavy atom. The van der Waals surface area contributed by atoms with Crippen molar-refractivity contribution in [2.75, 3.05) is 0 Å². The van der Waals surface area contributed by atoms with Crippen LogP contribution in [0.25, 0.3) is 0 Å². The van der Waals surface area contributed by atoms with E-state index in [4.69, 9.17) is 11.6 Å². The normalized spacial score (nSPS) is 11.4. The minimum absolute atomic E-state index is 0.749. The first kappa shape index (κ1) is 15.1. The maximum Gasteiger partial charge on any atom is 0.0440 e. The molecule has 16 heavy (non-hydrogen) atoms. The average Bonchev–Trinajstić information content (AvgIpc) is 2.32. The van der Waals surface area contributed by atoms with E-state index in [0.717, 1.165) is 23.8 Å². The van der Waals surface area contributed by atoms with Gasteiger partial charge in [-0.05, 0) is 36.0 Å². The fraction of sp³-hybridized carbons (Fsp3) is 0.467. The second-order valence-corrected chi connectivity index (χ2v) is 4.36. The molecule has 0 bridgehead atoms. The maximum absolute atomic E-state index is 6.16. The minimum atomic E-state index is 0.749. The van der Waals surface area contributed by atoms with E-state index in [1.54, 1.807) is 0 Å². The highest BCUT2D eigenvalue weighted by Crippen LogP contribution is 2.23. The molecule has 0 nitrogen and oxygen atoms in total. The van der Waals surface area contributed by atoms with Crippen molar-refractivity contribution in [3.8, 4) is 12.8 Å². The monoisotopic (exact) mass is 236 g/mol. The lowest BCUT2D eigenvalue weighted by Gasteiger charge is -2.13. The summed E-state index contributed by atoms with van der Waals surface area (Å²) in [4.78, 5) is 0. The van der Waals surface area contributed by atoms with Gasteiger partial charge in [0.2, 0.25) is 0 Å². The van der Waals surface area contributed by atoms with Gasteiger partial charge in [0, 0.05) is 5.02 Å². The number of halogens is 1. The highest BCUT2D eigenvalue weighted by Gasteiger charge is 2.07. The molecule has 0 aliphatic rings. The van der Waals surface area contributed by atoms with Crippen molar-refractivity contribution >= 4 is 11.6 Å². The molecule has 1 heteroatoms. The molecule has 0 aliphatic carbocycles. The lowest BCUT2D eigenvalue weighted by molar-refractivity contribution is 0.558. The molecule has 1 aromatic carbocycles. The number of hydrogen-bond acceptors (Lipinski definition) is 0. The fourth-order valence-electron chi connectivity index (χ4n) is 1.71. The molecule has 0 radical (unpaired) electrons. The summed E-state index contributed by atoms with van der Waals surface area (Å²) in [5.74, 6) is 0.749. The Labute approximate surface area is 105 Å². The summed E-state index contributed by atoms with van der Waals surface area (Å²) in [6, 6.07) is 6.25. The molecular weight excluding hydrogens is 216 g/mol. The molecule has 0 aromatic heterocycles. The summed E-state index contributed by atoms with van der Waals surface area (Å²) in [6.45, 7) is 6.70. The smallest absolute Gasteiger partial charge is 0.0440 e. The van der Waals surface area contributed by atoms with Gasteiger partial charge in [-0.15, -0.1) is 12.8 Å². The van der Waals surface area contributed by atoms with Crippen molar-refractivity contribution in [3.63, 3.8) is 0 Å². The zero-order chi connectivity index (χ0) is 12.6. The van der Waals surface area contributed by atoms with E-state index < -0.39 is 0 Å². The Balaban J connectivity index is 0.00000106. The van der Waals surface area contributed by atoms with Crippen LogP contribution in [-0.2, 0) is 12.8 Å². The SMILES string of the molecule is C#C.CCc1c(Cl)cccc1CC(C)CC. The first-order valence-corrected chi connectivity index (χ1v) is 6.16. The Morgan fingerprint density at radius 2 is 1.88 bits per heavy atom. The molecule has 0 amide bonds. The van der Waals surface area contributed by atoms with Crippen LogP contribution in [0.3, 0.4) is 0 Å². The third kappa shape index (κ3) is 4.29. The van der Waals surface area contributed by atoms with E-state index in [-0.39, 0.29) is 0 Å². The van der Waals surface area contributed by atoms with Crippen LogP contribution in [0.4, 0.5) is 0 Å². The Bertz CT molecular complexity index is 325. The molecule has 0 spiro atoms. The largest absolute Gasteiger partial charge is 0.124 e. The summed E-state index contributed by atoms with van der Waals surface area (Å²) in [6.07, 6.45) is 11.4. The summed E-state index contributed by atoms with van der Waals surface area (Å²) >= 11 is 6.16. The summed E-state index contributed by atoms with van der Waals surface area (Å²) < 4.78 is 0. The molecule has 88 valence electrons. The first-order valence-electron chi connectivity index (χ1n) is 5.78. The van der Waals surface area contributed by atoms with E-state index in [0.29, 0.717) is 0 Å². The van der Waals surface area contributed by atoms with Crippen LogP contribution < -0.4 is 0 Å². The lowest BCUT2D eigenvalue weighted by Crippen LogP contribution is -2.01. The molecule has 0 saturated carbocycles. The predicted molar refractivity (Wildman–Crippen MR) is 73.9 cm³/mol. The highest BCUT2D eigenvalue weighted by atomic mass is 35.5. The van der Waals surface area contributed by atoms with Crippen LogP contribution in [0.5, 0.6) is 0 Å². The average molecular weight is 237 g/mol. The number of terminal acetylenes is 1. The van der Waals surface area contributed by atoms with Crippen molar-refractivity contribution in [1.29, 1.82) is 0 Å². The molecule has 1 rings (SSSR count). The summed E-state index contributed by atoms with van der Waals surface area (Å²) in [7, 11) is 0. The van der Waals surface area contributed by atoms with Crippen LogP contribution >= 0.6 is 11.6 Å². The molecular formula is C15H21Cl. The van der Waals surface area contributed by atoms with Crippen molar-refractivity contribution < 1.29 is 0 Å². The van der Waals surface area contributed by atoms with Crippen molar-refractivity contribution in [2.24, 2.45) is 5.92 Å². The Hall–Kier alpha value is -0.930. The molecule has 0 N–H and O–H groups in total. The highest BCUT2D eigenvalue weighted by molar-refractivity contribution is 6.31. The maximum atomic E-state index is 6.16. The van der Waals surface area contributed by atoms with Crippen molar-refractivity contribution in [1.82, 2.24) is 0 Å².